The van der Waals surface area contributed by atoms with E-state index in [0.717, 1.165) is 39.1 Å². The summed E-state index contributed by atoms with van der Waals surface area (Å²) in [5.74, 6) is 0.992. The van der Waals surface area contributed by atoms with Gasteiger partial charge in [0.2, 0.25) is 5.91 Å². The first-order chi connectivity index (χ1) is 11.5. The quantitative estimate of drug-likeness (QED) is 0.845. The molecule has 0 N–H and O–H groups in total. The molecule has 1 fully saturated rings. The zero-order valence-corrected chi connectivity index (χ0v) is 15.2. The minimum atomic E-state index is 0.297. The molecular weight excluding hydrogens is 298 g/mol. The molecule has 0 unspecified atom stereocenters. The van der Waals surface area contributed by atoms with E-state index in [1.165, 1.54) is 16.5 Å². The standard InChI is InChI=1S/C20H29N3O/c1-16(2)15-22-10-12-23(13-11-22)20(24)7-5-17-4-6-18-8-9-21(3)19(18)14-17/h4,6,8-9,14,16H,5,7,10-13,15H2,1-3H3. The number of nitrogens with zero attached hydrogens (tertiary/aromatic N) is 3. The van der Waals surface area contributed by atoms with Gasteiger partial charge >= 0.3 is 0 Å². The van der Waals surface area contributed by atoms with E-state index in [-0.39, 0.29) is 0 Å². The van der Waals surface area contributed by atoms with Gasteiger partial charge in [0.25, 0.3) is 0 Å². The van der Waals surface area contributed by atoms with Crippen LogP contribution in [-0.2, 0) is 18.3 Å². The SMILES string of the molecule is CC(C)CN1CCN(C(=O)CCc2ccc3ccn(C)c3c2)CC1. The monoisotopic (exact) mass is 327 g/mol. The van der Waals surface area contributed by atoms with Crippen molar-refractivity contribution in [2.75, 3.05) is 32.7 Å². The van der Waals surface area contributed by atoms with Gasteiger partial charge in [0.15, 0.2) is 0 Å². The van der Waals surface area contributed by atoms with Crippen molar-refractivity contribution >= 4 is 16.8 Å². The fourth-order valence-corrected chi connectivity index (χ4v) is 3.57. The summed E-state index contributed by atoms with van der Waals surface area (Å²) in [5, 5.41) is 1.26. The van der Waals surface area contributed by atoms with Crippen LogP contribution in [0.2, 0.25) is 0 Å². The highest BCUT2D eigenvalue weighted by Gasteiger charge is 2.21. The molecule has 1 amide bonds. The van der Waals surface area contributed by atoms with Gasteiger partial charge in [-0.25, -0.2) is 0 Å². The molecule has 4 heteroatoms. The average molecular weight is 327 g/mol. The van der Waals surface area contributed by atoms with Crippen molar-refractivity contribution < 1.29 is 4.79 Å². The maximum atomic E-state index is 12.5. The summed E-state index contributed by atoms with van der Waals surface area (Å²) in [6, 6.07) is 8.64. The van der Waals surface area contributed by atoms with Crippen molar-refractivity contribution in [3.63, 3.8) is 0 Å². The number of benzene rings is 1. The van der Waals surface area contributed by atoms with Crippen LogP contribution >= 0.6 is 0 Å². The molecule has 1 saturated heterocycles. The van der Waals surface area contributed by atoms with E-state index >= 15 is 0 Å². The van der Waals surface area contributed by atoms with E-state index in [2.05, 4.69) is 60.8 Å². The number of aromatic nitrogens is 1. The Labute approximate surface area is 145 Å². The predicted molar refractivity (Wildman–Crippen MR) is 99.1 cm³/mol. The number of hydrogen-bond donors (Lipinski definition) is 0. The Morgan fingerprint density at radius 3 is 2.58 bits per heavy atom. The van der Waals surface area contributed by atoms with E-state index in [0.29, 0.717) is 18.2 Å². The first-order valence-corrected chi connectivity index (χ1v) is 9.07. The van der Waals surface area contributed by atoms with Gasteiger partial charge in [-0.3, -0.25) is 9.69 Å². The van der Waals surface area contributed by atoms with Crippen LogP contribution in [0.5, 0.6) is 0 Å². The van der Waals surface area contributed by atoms with Crippen molar-refractivity contribution in [2.45, 2.75) is 26.7 Å². The Morgan fingerprint density at radius 1 is 1.12 bits per heavy atom. The molecule has 2 heterocycles. The zero-order chi connectivity index (χ0) is 17.1. The molecule has 0 aliphatic carbocycles. The Balaban J connectivity index is 1.51. The molecule has 2 aromatic rings. The highest BCUT2D eigenvalue weighted by Crippen LogP contribution is 2.18. The summed E-state index contributed by atoms with van der Waals surface area (Å²) in [5.41, 5.74) is 2.48. The van der Waals surface area contributed by atoms with Gasteiger partial charge in [0.1, 0.15) is 0 Å². The van der Waals surface area contributed by atoms with Crippen LogP contribution in [0.3, 0.4) is 0 Å². The maximum Gasteiger partial charge on any atom is 0.222 e. The van der Waals surface area contributed by atoms with Crippen LogP contribution in [0.15, 0.2) is 30.5 Å². The van der Waals surface area contributed by atoms with Gasteiger partial charge in [0.05, 0.1) is 0 Å². The van der Waals surface area contributed by atoms with Gasteiger partial charge in [0, 0.05) is 57.9 Å². The molecular formula is C20H29N3O. The highest BCUT2D eigenvalue weighted by atomic mass is 16.2. The van der Waals surface area contributed by atoms with E-state index in [4.69, 9.17) is 0 Å². The first kappa shape index (κ1) is 17.0. The minimum Gasteiger partial charge on any atom is -0.351 e. The topological polar surface area (TPSA) is 28.5 Å². The molecule has 0 spiro atoms. The Bertz CT molecular complexity index is 696. The third-order valence-electron chi connectivity index (χ3n) is 4.93. The second-order valence-corrected chi connectivity index (χ2v) is 7.40. The molecule has 130 valence electrons. The summed E-state index contributed by atoms with van der Waals surface area (Å²) in [6.45, 7) is 9.42. The smallest absolute Gasteiger partial charge is 0.222 e. The van der Waals surface area contributed by atoms with E-state index in [9.17, 15) is 4.79 Å². The summed E-state index contributed by atoms with van der Waals surface area (Å²) in [4.78, 5) is 17.0. The van der Waals surface area contributed by atoms with Gasteiger partial charge < -0.3 is 9.47 Å². The fourth-order valence-electron chi connectivity index (χ4n) is 3.57. The first-order valence-electron chi connectivity index (χ1n) is 9.07. The maximum absolute atomic E-state index is 12.5. The molecule has 0 atom stereocenters. The summed E-state index contributed by atoms with van der Waals surface area (Å²) >= 11 is 0. The number of carbonyl (C=O) groups is 1. The summed E-state index contributed by atoms with van der Waals surface area (Å²) in [6.07, 6.45) is 3.52. The molecule has 1 aromatic heterocycles. The van der Waals surface area contributed by atoms with Gasteiger partial charge in [-0.2, -0.15) is 0 Å². The molecule has 0 saturated carbocycles. The van der Waals surface area contributed by atoms with Crippen LogP contribution in [0.25, 0.3) is 10.9 Å². The molecule has 3 rings (SSSR count). The van der Waals surface area contributed by atoms with Gasteiger partial charge in [-0.15, -0.1) is 0 Å². The van der Waals surface area contributed by atoms with Crippen LogP contribution < -0.4 is 0 Å². The van der Waals surface area contributed by atoms with E-state index < -0.39 is 0 Å². The van der Waals surface area contributed by atoms with Crippen LogP contribution in [0, 0.1) is 5.92 Å². The van der Waals surface area contributed by atoms with Gasteiger partial charge in [-0.05, 0) is 35.4 Å². The van der Waals surface area contributed by atoms with Crippen molar-refractivity contribution in [3.05, 3.63) is 36.0 Å². The fraction of sp³-hybridized carbons (Fsp3) is 0.550. The van der Waals surface area contributed by atoms with Crippen LogP contribution in [0.4, 0.5) is 0 Å². The van der Waals surface area contributed by atoms with E-state index in [1.807, 2.05) is 4.90 Å². The number of hydrogen-bond acceptors (Lipinski definition) is 2. The highest BCUT2D eigenvalue weighted by molar-refractivity contribution is 5.81. The molecule has 1 aliphatic heterocycles. The second-order valence-electron chi connectivity index (χ2n) is 7.40. The third kappa shape index (κ3) is 3.99. The number of fused-ring (bicyclic) bond motifs is 1. The molecule has 1 aliphatic rings. The predicted octanol–water partition coefficient (Wildman–Crippen LogP) is 2.91. The normalized spacial score (nSPS) is 16.2. The molecule has 4 nitrogen and oxygen atoms in total. The average Bonchev–Trinajstić information content (AvgIpc) is 2.93. The number of piperazine rings is 1. The van der Waals surface area contributed by atoms with E-state index in [1.54, 1.807) is 0 Å². The van der Waals surface area contributed by atoms with Crippen LogP contribution in [-0.4, -0.2) is 53.0 Å². The molecule has 1 aromatic carbocycles. The third-order valence-corrected chi connectivity index (χ3v) is 4.93. The lowest BCUT2D eigenvalue weighted by atomic mass is 10.1. The summed E-state index contributed by atoms with van der Waals surface area (Å²) < 4.78 is 2.13. The largest absolute Gasteiger partial charge is 0.351 e. The lowest BCUT2D eigenvalue weighted by Gasteiger charge is -2.35. The Kier molecular flexibility index (Phi) is 5.24. The van der Waals surface area contributed by atoms with Crippen molar-refractivity contribution in [1.82, 2.24) is 14.4 Å². The minimum absolute atomic E-state index is 0.297. The Morgan fingerprint density at radius 2 is 1.88 bits per heavy atom. The lowest BCUT2D eigenvalue weighted by Crippen LogP contribution is -2.49. The van der Waals surface area contributed by atoms with Crippen molar-refractivity contribution in [1.29, 1.82) is 0 Å². The Hall–Kier alpha value is -1.81. The lowest BCUT2D eigenvalue weighted by molar-refractivity contribution is -0.132. The number of rotatable bonds is 5. The summed E-state index contributed by atoms with van der Waals surface area (Å²) in [7, 11) is 2.06. The number of carbonyl (C=O) groups excluding carboxylic acids is 1. The molecule has 0 bridgehead atoms. The van der Waals surface area contributed by atoms with Gasteiger partial charge in [-0.1, -0.05) is 26.0 Å². The molecule has 0 radical (unpaired) electrons. The van der Waals surface area contributed by atoms with Crippen molar-refractivity contribution in [2.24, 2.45) is 13.0 Å². The van der Waals surface area contributed by atoms with Crippen molar-refractivity contribution in [3.8, 4) is 0 Å². The van der Waals surface area contributed by atoms with Crippen LogP contribution in [0.1, 0.15) is 25.8 Å². The number of amides is 1. The molecule has 24 heavy (non-hydrogen) atoms. The zero-order valence-electron chi connectivity index (χ0n) is 15.2. The second kappa shape index (κ2) is 7.39. The number of aryl methyl sites for hydroxylation is 2.